The molecule has 1 unspecified atom stereocenters. The molecule has 3 nitrogen and oxygen atoms in total. The topological polar surface area (TPSA) is 21.7 Å². The third kappa shape index (κ3) is 2.97. The van der Waals surface area contributed by atoms with Crippen LogP contribution in [0.25, 0.3) is 0 Å². The minimum atomic E-state index is 0.151. The molecule has 3 aliphatic rings. The van der Waals surface area contributed by atoms with Crippen molar-refractivity contribution < 1.29 is 9.47 Å². The summed E-state index contributed by atoms with van der Waals surface area (Å²) in [7, 11) is 0. The van der Waals surface area contributed by atoms with Crippen molar-refractivity contribution in [1.82, 2.24) is 4.90 Å². The van der Waals surface area contributed by atoms with Crippen LogP contribution < -0.4 is 0 Å². The van der Waals surface area contributed by atoms with Crippen LogP contribution in [0.2, 0.25) is 0 Å². The van der Waals surface area contributed by atoms with E-state index in [1.54, 1.807) is 18.8 Å². The smallest absolute Gasteiger partial charge is 0.160 e. The number of benzene rings is 1. The monoisotopic (exact) mass is 307 g/mol. The second-order valence-electron chi connectivity index (χ2n) is 6.15. The van der Waals surface area contributed by atoms with Gasteiger partial charge in [-0.05, 0) is 36.0 Å². The lowest BCUT2D eigenvalue weighted by Gasteiger charge is -2.38. The molecule has 0 saturated heterocycles. The fraction of sp³-hybridized carbons (Fsp3) is 0.300. The Balaban J connectivity index is 1.64. The van der Waals surface area contributed by atoms with Crippen LogP contribution in [0, 0.1) is 0 Å². The molecule has 4 rings (SSSR count). The Morgan fingerprint density at radius 1 is 1.04 bits per heavy atom. The number of hydrogen-bond acceptors (Lipinski definition) is 3. The van der Waals surface area contributed by atoms with Crippen LogP contribution in [0.3, 0.4) is 0 Å². The third-order valence-electron chi connectivity index (χ3n) is 4.71. The van der Waals surface area contributed by atoms with Gasteiger partial charge in [0.05, 0.1) is 6.04 Å². The van der Waals surface area contributed by atoms with Gasteiger partial charge >= 0.3 is 0 Å². The highest BCUT2D eigenvalue weighted by Gasteiger charge is 2.31. The molecule has 0 bridgehead atoms. The van der Waals surface area contributed by atoms with Crippen molar-refractivity contribution in [2.45, 2.75) is 31.8 Å². The maximum Gasteiger partial charge on any atom is 0.160 e. The van der Waals surface area contributed by atoms with Crippen molar-refractivity contribution in [2.24, 2.45) is 0 Å². The zero-order valence-corrected chi connectivity index (χ0v) is 13.2. The highest BCUT2D eigenvalue weighted by Crippen LogP contribution is 2.31. The van der Waals surface area contributed by atoms with Gasteiger partial charge in [-0.2, -0.15) is 0 Å². The summed E-state index contributed by atoms with van der Waals surface area (Å²) in [4.78, 5) is 2.50. The van der Waals surface area contributed by atoms with E-state index >= 15 is 0 Å². The number of ether oxygens (including phenoxy) is 2. The van der Waals surface area contributed by atoms with Crippen LogP contribution in [0.5, 0.6) is 0 Å². The van der Waals surface area contributed by atoms with Gasteiger partial charge in [0.2, 0.25) is 0 Å². The SMILES string of the molecule is C1=CCCC(C(C2=COC=CO2)N2CCc3ccccc3C2)=C1. The predicted octanol–water partition coefficient (Wildman–Crippen LogP) is 4.05. The summed E-state index contributed by atoms with van der Waals surface area (Å²) in [5.41, 5.74) is 4.29. The molecule has 23 heavy (non-hydrogen) atoms. The van der Waals surface area contributed by atoms with E-state index in [4.69, 9.17) is 9.47 Å². The first kappa shape index (κ1) is 14.3. The number of rotatable bonds is 3. The number of hydrogen-bond donors (Lipinski definition) is 0. The Kier molecular flexibility index (Phi) is 4.03. The molecule has 1 aliphatic carbocycles. The standard InChI is InChI=1S/C20H21NO2/c1-2-7-17(8-3-1)20(19-15-22-12-13-23-19)21-11-10-16-6-4-5-9-18(16)14-21/h1-2,4-7,9,12-13,15,20H,3,8,10-11,14H2. The largest absolute Gasteiger partial charge is 0.466 e. The van der Waals surface area contributed by atoms with E-state index in [2.05, 4.69) is 47.4 Å². The summed E-state index contributed by atoms with van der Waals surface area (Å²) in [5, 5.41) is 0. The van der Waals surface area contributed by atoms with Crippen LogP contribution >= 0.6 is 0 Å². The lowest BCUT2D eigenvalue weighted by atomic mass is 9.92. The molecule has 0 saturated carbocycles. The zero-order chi connectivity index (χ0) is 15.5. The van der Waals surface area contributed by atoms with Crippen molar-refractivity contribution in [2.75, 3.05) is 6.54 Å². The van der Waals surface area contributed by atoms with Gasteiger partial charge in [-0.15, -0.1) is 0 Å². The predicted molar refractivity (Wildman–Crippen MR) is 90.2 cm³/mol. The van der Waals surface area contributed by atoms with Crippen LogP contribution in [-0.4, -0.2) is 17.5 Å². The van der Waals surface area contributed by atoms with E-state index in [1.165, 1.54) is 16.7 Å². The maximum atomic E-state index is 5.78. The van der Waals surface area contributed by atoms with Gasteiger partial charge < -0.3 is 9.47 Å². The first-order valence-corrected chi connectivity index (χ1v) is 8.25. The second-order valence-corrected chi connectivity index (χ2v) is 6.15. The maximum absolute atomic E-state index is 5.78. The van der Waals surface area contributed by atoms with E-state index in [0.717, 1.165) is 38.1 Å². The fourth-order valence-corrected chi connectivity index (χ4v) is 3.59. The van der Waals surface area contributed by atoms with E-state index in [-0.39, 0.29) is 6.04 Å². The number of allylic oxidation sites excluding steroid dienone is 3. The van der Waals surface area contributed by atoms with E-state index in [9.17, 15) is 0 Å². The summed E-state index contributed by atoms with van der Waals surface area (Å²) >= 11 is 0. The van der Waals surface area contributed by atoms with Gasteiger partial charge in [0.25, 0.3) is 0 Å². The van der Waals surface area contributed by atoms with Crippen LogP contribution in [-0.2, 0) is 22.4 Å². The molecule has 118 valence electrons. The molecule has 2 aliphatic heterocycles. The van der Waals surface area contributed by atoms with Crippen LogP contribution in [0.15, 0.2) is 72.6 Å². The van der Waals surface area contributed by atoms with Gasteiger partial charge in [0.1, 0.15) is 18.8 Å². The molecular weight excluding hydrogens is 286 g/mol. The molecule has 0 N–H and O–H groups in total. The first-order chi connectivity index (χ1) is 11.4. The Bertz CT molecular complexity index is 699. The van der Waals surface area contributed by atoms with Gasteiger partial charge in [-0.1, -0.05) is 42.5 Å². The molecule has 0 radical (unpaired) electrons. The van der Waals surface area contributed by atoms with Gasteiger partial charge in [0.15, 0.2) is 5.76 Å². The summed E-state index contributed by atoms with van der Waals surface area (Å²) in [5.74, 6) is 0.883. The van der Waals surface area contributed by atoms with Gasteiger partial charge in [0, 0.05) is 13.1 Å². The van der Waals surface area contributed by atoms with E-state index in [0.29, 0.717) is 0 Å². The summed E-state index contributed by atoms with van der Waals surface area (Å²) in [6, 6.07) is 8.89. The van der Waals surface area contributed by atoms with Crippen LogP contribution in [0.4, 0.5) is 0 Å². The van der Waals surface area contributed by atoms with E-state index in [1.807, 2.05) is 0 Å². The molecule has 1 atom stereocenters. The van der Waals surface area contributed by atoms with Crippen molar-refractivity contribution in [1.29, 1.82) is 0 Å². The fourth-order valence-electron chi connectivity index (χ4n) is 3.59. The molecule has 0 aromatic heterocycles. The molecule has 1 aromatic carbocycles. The van der Waals surface area contributed by atoms with Crippen LogP contribution in [0.1, 0.15) is 24.0 Å². The molecule has 0 fully saturated rings. The Morgan fingerprint density at radius 3 is 2.74 bits per heavy atom. The molecule has 3 heteroatoms. The van der Waals surface area contributed by atoms with Crippen molar-refractivity contribution in [3.05, 3.63) is 83.7 Å². The Morgan fingerprint density at radius 2 is 1.96 bits per heavy atom. The Hall–Kier alpha value is -2.26. The van der Waals surface area contributed by atoms with Crippen molar-refractivity contribution >= 4 is 0 Å². The molecule has 0 spiro atoms. The molecule has 2 heterocycles. The lowest BCUT2D eigenvalue weighted by Crippen LogP contribution is -2.42. The minimum absolute atomic E-state index is 0.151. The Labute approximate surface area is 137 Å². The highest BCUT2D eigenvalue weighted by molar-refractivity contribution is 5.33. The van der Waals surface area contributed by atoms with Gasteiger partial charge in [-0.25, -0.2) is 0 Å². The zero-order valence-electron chi connectivity index (χ0n) is 13.2. The lowest BCUT2D eigenvalue weighted by molar-refractivity contribution is 0.149. The van der Waals surface area contributed by atoms with E-state index < -0.39 is 0 Å². The number of fused-ring (bicyclic) bond motifs is 1. The van der Waals surface area contributed by atoms with Crippen molar-refractivity contribution in [3.63, 3.8) is 0 Å². The first-order valence-electron chi connectivity index (χ1n) is 8.25. The third-order valence-corrected chi connectivity index (χ3v) is 4.71. The summed E-state index contributed by atoms with van der Waals surface area (Å²) in [6.45, 7) is 1.99. The molecule has 0 amide bonds. The summed E-state index contributed by atoms with van der Waals surface area (Å²) < 4.78 is 11.2. The average molecular weight is 307 g/mol. The molecule has 1 aromatic rings. The normalized spacial score (nSPS) is 21.6. The highest BCUT2D eigenvalue weighted by atomic mass is 16.5. The quantitative estimate of drug-likeness (QED) is 0.841. The summed E-state index contributed by atoms with van der Waals surface area (Å²) in [6.07, 6.45) is 14.8. The second kappa shape index (κ2) is 6.47. The van der Waals surface area contributed by atoms with Gasteiger partial charge in [-0.3, -0.25) is 4.90 Å². The average Bonchev–Trinajstić information content (AvgIpc) is 2.64. The number of nitrogens with zero attached hydrogens (tertiary/aromatic N) is 1. The minimum Gasteiger partial charge on any atom is -0.466 e. The van der Waals surface area contributed by atoms with Crippen molar-refractivity contribution in [3.8, 4) is 0 Å². The molecular formula is C20H21NO2.